The van der Waals surface area contributed by atoms with Crippen LogP contribution in [0.1, 0.15) is 0 Å². The zero-order chi connectivity index (χ0) is 3.41. The van der Waals surface area contributed by atoms with E-state index in [2.05, 4.69) is 12.8 Å². The van der Waals surface area contributed by atoms with Crippen molar-refractivity contribution in [1.82, 2.24) is 4.72 Å². The molecule has 0 saturated heterocycles. The maximum Gasteiger partial charge on any atom is 0.216 e. The minimum atomic E-state index is 0.489. The lowest BCUT2D eigenvalue weighted by atomic mass is 11.5. The zero-order valence-corrected chi connectivity index (χ0v) is 2.83. The summed E-state index contributed by atoms with van der Waals surface area (Å²) in [4.78, 5) is 8.99. The SMILES string of the molecule is O=CNS. The Morgan fingerprint density at radius 1 is 2.00 bits per heavy atom. The Balaban J connectivity index is 2.30. The second-order valence-electron chi connectivity index (χ2n) is 0.247. The standard InChI is InChI=1S/CH3NOS/c3-1-2-4/h1,4H,(H,2,3). The second-order valence-corrected chi connectivity index (χ2v) is 0.505. The van der Waals surface area contributed by atoms with Gasteiger partial charge in [0.2, 0.25) is 6.41 Å². The minimum absolute atomic E-state index is 0.489. The molecule has 24 valence electrons. The lowest BCUT2D eigenvalue weighted by Crippen LogP contribution is -1.87. The molecule has 0 spiro atoms. The highest BCUT2D eigenvalue weighted by molar-refractivity contribution is 7.78. The maximum atomic E-state index is 8.99. The molecule has 0 aromatic carbocycles. The van der Waals surface area contributed by atoms with E-state index in [1.54, 1.807) is 0 Å². The van der Waals surface area contributed by atoms with Gasteiger partial charge in [-0.3, -0.25) is 4.79 Å². The lowest BCUT2D eigenvalue weighted by Gasteiger charge is -1.63. The van der Waals surface area contributed by atoms with Crippen LogP contribution in [0.4, 0.5) is 0 Å². The molecular weight excluding hydrogens is 74.1 g/mol. The summed E-state index contributed by atoms with van der Waals surface area (Å²) in [6, 6.07) is 0. The molecule has 0 aliphatic rings. The van der Waals surface area contributed by atoms with Crippen molar-refractivity contribution in [2.75, 3.05) is 0 Å². The van der Waals surface area contributed by atoms with Gasteiger partial charge < -0.3 is 4.72 Å². The van der Waals surface area contributed by atoms with Crippen LogP contribution in [-0.4, -0.2) is 6.41 Å². The molecule has 0 radical (unpaired) electrons. The third-order valence-corrected chi connectivity index (χ3v) is 0.158. The van der Waals surface area contributed by atoms with Crippen LogP contribution in [0.15, 0.2) is 0 Å². The summed E-state index contributed by atoms with van der Waals surface area (Å²) in [5, 5.41) is 0. The quantitative estimate of drug-likeness (QED) is 0.323. The van der Waals surface area contributed by atoms with Crippen molar-refractivity contribution >= 4 is 19.2 Å². The minimum Gasteiger partial charge on any atom is -0.305 e. The summed E-state index contributed by atoms with van der Waals surface area (Å²) >= 11 is 3.30. The average molecular weight is 77.1 g/mol. The Labute approximate surface area is 29.7 Å². The Kier molecular flexibility index (Phi) is 2.69. The first kappa shape index (κ1) is 3.82. The van der Waals surface area contributed by atoms with Gasteiger partial charge in [0.1, 0.15) is 0 Å². The van der Waals surface area contributed by atoms with Crippen LogP contribution < -0.4 is 4.72 Å². The molecule has 0 aliphatic heterocycles. The van der Waals surface area contributed by atoms with Crippen LogP contribution >= 0.6 is 12.8 Å². The molecule has 1 N–H and O–H groups in total. The molecule has 2 nitrogen and oxygen atoms in total. The number of amides is 1. The smallest absolute Gasteiger partial charge is 0.216 e. The molecule has 1 amide bonds. The monoisotopic (exact) mass is 77.0 g/mol. The average Bonchev–Trinajstić information content (AvgIpc) is 1.37. The molecule has 0 unspecified atom stereocenters. The van der Waals surface area contributed by atoms with Crippen LogP contribution in [-0.2, 0) is 4.79 Å². The van der Waals surface area contributed by atoms with E-state index in [-0.39, 0.29) is 0 Å². The number of carbonyl (C=O) groups excluding carboxylic acids is 1. The number of carbonyl (C=O) groups is 1. The fourth-order valence-electron chi connectivity index (χ4n) is 0. The van der Waals surface area contributed by atoms with Gasteiger partial charge in [0.05, 0.1) is 0 Å². The molecular formula is CH3NOS. The number of hydrogen-bond acceptors (Lipinski definition) is 2. The topological polar surface area (TPSA) is 29.1 Å². The van der Waals surface area contributed by atoms with Gasteiger partial charge >= 0.3 is 0 Å². The highest BCUT2D eigenvalue weighted by Gasteiger charge is 1.44. The maximum absolute atomic E-state index is 8.99. The van der Waals surface area contributed by atoms with Crippen molar-refractivity contribution in [2.24, 2.45) is 0 Å². The van der Waals surface area contributed by atoms with Gasteiger partial charge in [0, 0.05) is 0 Å². The first-order valence-corrected chi connectivity index (χ1v) is 1.20. The molecule has 0 atom stereocenters. The highest BCUT2D eigenvalue weighted by Crippen LogP contribution is 1.39. The van der Waals surface area contributed by atoms with Gasteiger partial charge in [-0.25, -0.2) is 0 Å². The van der Waals surface area contributed by atoms with E-state index < -0.39 is 0 Å². The van der Waals surface area contributed by atoms with Gasteiger partial charge in [-0.05, 0) is 0 Å². The Morgan fingerprint density at radius 2 is 2.25 bits per heavy atom. The summed E-state index contributed by atoms with van der Waals surface area (Å²) in [7, 11) is 0. The molecule has 0 aliphatic carbocycles. The molecule has 0 aromatic heterocycles. The summed E-state index contributed by atoms with van der Waals surface area (Å²) < 4.78 is 1.94. The Hall–Kier alpha value is -0.180. The van der Waals surface area contributed by atoms with Gasteiger partial charge in [0.25, 0.3) is 0 Å². The molecule has 0 saturated carbocycles. The van der Waals surface area contributed by atoms with Crippen LogP contribution in [0.5, 0.6) is 0 Å². The number of hydrogen-bond donors (Lipinski definition) is 2. The Morgan fingerprint density at radius 3 is 2.25 bits per heavy atom. The van der Waals surface area contributed by atoms with Gasteiger partial charge in [-0.1, -0.05) is 12.8 Å². The predicted molar refractivity (Wildman–Crippen MR) is 18.2 cm³/mol. The lowest BCUT2D eigenvalue weighted by molar-refractivity contribution is -0.107. The van der Waals surface area contributed by atoms with E-state index in [0.29, 0.717) is 6.41 Å². The molecule has 0 aromatic rings. The first-order valence-electron chi connectivity index (χ1n) is 0.748. The summed E-state index contributed by atoms with van der Waals surface area (Å²) in [5.41, 5.74) is 0. The number of rotatable bonds is 1. The molecule has 0 heterocycles. The Bertz CT molecular complexity index is 22.0. The van der Waals surface area contributed by atoms with Crippen molar-refractivity contribution in [3.05, 3.63) is 0 Å². The van der Waals surface area contributed by atoms with Gasteiger partial charge in [0.15, 0.2) is 0 Å². The number of thiol groups is 1. The zero-order valence-electron chi connectivity index (χ0n) is 1.93. The second kappa shape index (κ2) is 2.82. The first-order chi connectivity index (χ1) is 1.91. The fourth-order valence-corrected chi connectivity index (χ4v) is 0. The van der Waals surface area contributed by atoms with Gasteiger partial charge in [-0.15, -0.1) is 0 Å². The summed E-state index contributed by atoms with van der Waals surface area (Å²) in [6.45, 7) is 0. The van der Waals surface area contributed by atoms with E-state index in [4.69, 9.17) is 4.79 Å². The van der Waals surface area contributed by atoms with Crippen LogP contribution in [0, 0.1) is 0 Å². The molecule has 3 heteroatoms. The molecule has 0 fully saturated rings. The summed E-state index contributed by atoms with van der Waals surface area (Å²) in [6.07, 6.45) is 0.489. The fraction of sp³-hybridized carbons (Fsp3) is 0. The molecule has 4 heavy (non-hydrogen) atoms. The van der Waals surface area contributed by atoms with E-state index in [0.717, 1.165) is 0 Å². The largest absolute Gasteiger partial charge is 0.305 e. The van der Waals surface area contributed by atoms with Crippen LogP contribution in [0.25, 0.3) is 0 Å². The van der Waals surface area contributed by atoms with E-state index >= 15 is 0 Å². The third kappa shape index (κ3) is 1.82. The van der Waals surface area contributed by atoms with Crippen molar-refractivity contribution < 1.29 is 4.79 Å². The van der Waals surface area contributed by atoms with Crippen molar-refractivity contribution in [2.45, 2.75) is 0 Å². The van der Waals surface area contributed by atoms with Gasteiger partial charge in [-0.2, -0.15) is 0 Å². The van der Waals surface area contributed by atoms with E-state index in [1.807, 2.05) is 4.72 Å². The third-order valence-electron chi connectivity index (χ3n) is 0.0527. The predicted octanol–water partition coefficient (Wildman–Crippen LogP) is -0.423. The molecule has 0 bridgehead atoms. The van der Waals surface area contributed by atoms with Crippen LogP contribution in [0.3, 0.4) is 0 Å². The van der Waals surface area contributed by atoms with E-state index in [9.17, 15) is 0 Å². The normalized spacial score (nSPS) is 5.25. The highest BCUT2D eigenvalue weighted by atomic mass is 32.1. The van der Waals surface area contributed by atoms with Crippen LogP contribution in [0.2, 0.25) is 0 Å². The van der Waals surface area contributed by atoms with Crippen molar-refractivity contribution in [3.63, 3.8) is 0 Å². The summed E-state index contributed by atoms with van der Waals surface area (Å²) in [5.74, 6) is 0. The van der Waals surface area contributed by atoms with Crippen molar-refractivity contribution in [1.29, 1.82) is 0 Å². The van der Waals surface area contributed by atoms with Crippen molar-refractivity contribution in [3.8, 4) is 0 Å². The van der Waals surface area contributed by atoms with E-state index in [1.165, 1.54) is 0 Å². The molecule has 0 rings (SSSR count). The number of nitrogens with one attached hydrogen (secondary N) is 1.